The third-order valence-electron chi connectivity index (χ3n) is 6.20. The molecule has 0 fully saturated rings. The first-order valence-corrected chi connectivity index (χ1v) is 12.8. The fourth-order valence-corrected chi connectivity index (χ4v) is 4.31. The van der Waals surface area contributed by atoms with Crippen LogP contribution in [0.1, 0.15) is 61.0 Å². The molecule has 7 nitrogen and oxygen atoms in total. The number of aldehydes is 2. The molecule has 1 aliphatic heterocycles. The third-order valence-corrected chi connectivity index (χ3v) is 6.20. The summed E-state index contributed by atoms with van der Waals surface area (Å²) in [5.41, 5.74) is 11.7. The maximum Gasteiger partial charge on any atom is 0.250 e. The lowest BCUT2D eigenvalue weighted by atomic mass is 9.97. The number of nitrogens with two attached hydrogens (primary N) is 1. The second-order valence-corrected chi connectivity index (χ2v) is 9.23. The van der Waals surface area contributed by atoms with Gasteiger partial charge >= 0.3 is 0 Å². The maximum atomic E-state index is 13.2. The SMILES string of the molecule is CCCN(CCC)C(=O)C1=Cc2ccc(-c3ccc(C=O)c(/C=C\N(C)CCC=O)c3)cc2N=C(N)C1. The van der Waals surface area contributed by atoms with E-state index in [1.54, 1.807) is 6.07 Å². The largest absolute Gasteiger partial charge is 0.387 e. The number of amides is 1. The van der Waals surface area contributed by atoms with Gasteiger partial charge in [0.1, 0.15) is 12.1 Å². The summed E-state index contributed by atoms with van der Waals surface area (Å²) in [6.45, 7) is 6.17. The first-order chi connectivity index (χ1) is 17.9. The van der Waals surface area contributed by atoms with Gasteiger partial charge in [0, 0.05) is 56.2 Å². The topological polar surface area (TPSA) is 96.1 Å². The number of aliphatic imine (C=N–C) groups is 1. The fraction of sp³-hybridized carbons (Fsp3) is 0.333. The highest BCUT2D eigenvalue weighted by Gasteiger charge is 2.21. The number of fused-ring (bicyclic) bond motifs is 1. The molecule has 0 saturated heterocycles. The summed E-state index contributed by atoms with van der Waals surface area (Å²) in [4.78, 5) is 43.9. The molecular weight excluding hydrogens is 464 g/mol. The molecule has 0 radical (unpaired) electrons. The normalized spacial score (nSPS) is 12.8. The zero-order chi connectivity index (χ0) is 26.8. The van der Waals surface area contributed by atoms with Gasteiger partial charge in [0.15, 0.2) is 6.29 Å². The number of amidine groups is 1. The van der Waals surface area contributed by atoms with Gasteiger partial charge in [0.2, 0.25) is 5.91 Å². The quantitative estimate of drug-likeness (QED) is 0.410. The van der Waals surface area contributed by atoms with Gasteiger partial charge in [-0.05, 0) is 60.0 Å². The summed E-state index contributed by atoms with van der Waals surface area (Å²) in [6, 6.07) is 11.6. The smallest absolute Gasteiger partial charge is 0.250 e. The Bertz CT molecular complexity index is 1220. The third kappa shape index (κ3) is 7.26. The first-order valence-electron chi connectivity index (χ1n) is 12.8. The van der Waals surface area contributed by atoms with Crippen molar-refractivity contribution >= 4 is 42.2 Å². The summed E-state index contributed by atoms with van der Waals surface area (Å²) >= 11 is 0. The molecule has 0 aromatic heterocycles. The van der Waals surface area contributed by atoms with E-state index in [9.17, 15) is 14.4 Å². The Morgan fingerprint density at radius 1 is 1.00 bits per heavy atom. The van der Waals surface area contributed by atoms with Crippen molar-refractivity contribution in [3.8, 4) is 11.1 Å². The van der Waals surface area contributed by atoms with Gasteiger partial charge in [0.05, 0.1) is 5.69 Å². The summed E-state index contributed by atoms with van der Waals surface area (Å²) < 4.78 is 0. The highest BCUT2D eigenvalue weighted by atomic mass is 16.2. The van der Waals surface area contributed by atoms with E-state index in [-0.39, 0.29) is 5.91 Å². The van der Waals surface area contributed by atoms with Crippen LogP contribution in [0.3, 0.4) is 0 Å². The lowest BCUT2D eigenvalue weighted by molar-refractivity contribution is -0.127. The molecule has 0 unspecified atom stereocenters. The van der Waals surface area contributed by atoms with E-state index in [1.807, 2.05) is 65.5 Å². The lowest BCUT2D eigenvalue weighted by Gasteiger charge is -2.22. The standard InChI is InChI=1S/C30H36N4O3/c1-4-12-34(13-5-2)30(37)27-18-25-9-7-23(19-28(25)32-29(31)20-27)22-8-10-26(21-36)24(17-22)11-15-33(3)14-6-16-35/h7-11,15-19,21H,4-6,12-14,20H2,1-3H3,(H2,31,32)/b15-11-. The molecule has 1 aliphatic rings. The molecule has 1 heterocycles. The molecule has 1 amide bonds. The second-order valence-electron chi connectivity index (χ2n) is 9.23. The van der Waals surface area contributed by atoms with Crippen molar-refractivity contribution in [1.29, 1.82) is 0 Å². The van der Waals surface area contributed by atoms with E-state index in [0.717, 1.165) is 47.7 Å². The van der Waals surface area contributed by atoms with Crippen LogP contribution in [0, 0.1) is 0 Å². The fourth-order valence-electron chi connectivity index (χ4n) is 4.31. The number of rotatable bonds is 12. The molecule has 3 rings (SSSR count). The highest BCUT2D eigenvalue weighted by molar-refractivity contribution is 6.05. The maximum absolute atomic E-state index is 13.2. The molecular formula is C30H36N4O3. The summed E-state index contributed by atoms with van der Waals surface area (Å²) in [6.07, 6.45) is 9.91. The first kappa shape index (κ1) is 27.6. The molecule has 2 N–H and O–H groups in total. The average Bonchev–Trinajstić information content (AvgIpc) is 3.07. The van der Waals surface area contributed by atoms with Crippen LogP contribution in [0.2, 0.25) is 0 Å². The van der Waals surface area contributed by atoms with Gasteiger partial charge in [-0.25, -0.2) is 4.99 Å². The highest BCUT2D eigenvalue weighted by Crippen LogP contribution is 2.33. The summed E-state index contributed by atoms with van der Waals surface area (Å²) in [5, 5.41) is 0. The minimum absolute atomic E-state index is 0.0118. The van der Waals surface area contributed by atoms with Gasteiger partial charge < -0.3 is 20.3 Å². The number of nitrogens with zero attached hydrogens (tertiary/aromatic N) is 3. The van der Waals surface area contributed by atoms with E-state index < -0.39 is 0 Å². The van der Waals surface area contributed by atoms with E-state index in [1.165, 1.54) is 0 Å². The van der Waals surface area contributed by atoms with Crippen molar-refractivity contribution in [2.24, 2.45) is 10.7 Å². The van der Waals surface area contributed by atoms with Crippen LogP contribution in [0.25, 0.3) is 23.3 Å². The molecule has 2 aromatic rings. The number of hydrogen-bond acceptors (Lipinski definition) is 6. The number of carbonyl (C=O) groups is 3. The molecule has 0 atom stereocenters. The molecule has 37 heavy (non-hydrogen) atoms. The van der Waals surface area contributed by atoms with E-state index in [4.69, 9.17) is 5.73 Å². The van der Waals surface area contributed by atoms with Crippen LogP contribution in [0.4, 0.5) is 5.69 Å². The van der Waals surface area contributed by atoms with Crippen LogP contribution < -0.4 is 5.73 Å². The van der Waals surface area contributed by atoms with E-state index in [2.05, 4.69) is 18.8 Å². The van der Waals surface area contributed by atoms with Gasteiger partial charge in [0.25, 0.3) is 0 Å². The van der Waals surface area contributed by atoms with Crippen molar-refractivity contribution in [3.63, 3.8) is 0 Å². The number of benzene rings is 2. The van der Waals surface area contributed by atoms with Crippen molar-refractivity contribution in [3.05, 3.63) is 64.9 Å². The molecule has 2 aromatic carbocycles. The zero-order valence-corrected chi connectivity index (χ0v) is 21.9. The van der Waals surface area contributed by atoms with E-state index >= 15 is 0 Å². The van der Waals surface area contributed by atoms with Crippen molar-refractivity contribution < 1.29 is 14.4 Å². The van der Waals surface area contributed by atoms with Crippen molar-refractivity contribution in [2.45, 2.75) is 39.5 Å². The molecule has 0 bridgehead atoms. The number of carbonyl (C=O) groups excluding carboxylic acids is 3. The molecule has 0 aliphatic carbocycles. The van der Waals surface area contributed by atoms with Gasteiger partial charge in [-0.3, -0.25) is 9.59 Å². The molecule has 0 saturated carbocycles. The van der Waals surface area contributed by atoms with Crippen molar-refractivity contribution in [1.82, 2.24) is 9.80 Å². The minimum atomic E-state index is 0.0118. The zero-order valence-electron chi connectivity index (χ0n) is 21.9. The van der Waals surface area contributed by atoms with Crippen molar-refractivity contribution in [2.75, 3.05) is 26.7 Å². The second kappa shape index (κ2) is 13.3. The van der Waals surface area contributed by atoms with Crippen LogP contribution in [0.5, 0.6) is 0 Å². The van der Waals surface area contributed by atoms with Gasteiger partial charge in [-0.2, -0.15) is 0 Å². The Morgan fingerprint density at radius 2 is 1.70 bits per heavy atom. The average molecular weight is 501 g/mol. The molecule has 194 valence electrons. The van der Waals surface area contributed by atoms with Crippen LogP contribution in [-0.4, -0.2) is 60.8 Å². The minimum Gasteiger partial charge on any atom is -0.387 e. The lowest BCUT2D eigenvalue weighted by Crippen LogP contribution is -2.34. The Kier molecular flexibility index (Phi) is 9.95. The Morgan fingerprint density at radius 3 is 2.38 bits per heavy atom. The Hall–Kier alpha value is -4.00. The molecule has 7 heteroatoms. The van der Waals surface area contributed by atoms with Crippen LogP contribution in [-0.2, 0) is 9.59 Å². The van der Waals surface area contributed by atoms with Gasteiger partial charge in [-0.15, -0.1) is 0 Å². The van der Waals surface area contributed by atoms with E-state index in [0.29, 0.717) is 55.1 Å². The predicted molar refractivity (Wildman–Crippen MR) is 151 cm³/mol. The Balaban J connectivity index is 1.94. The van der Waals surface area contributed by atoms with Gasteiger partial charge in [-0.1, -0.05) is 38.1 Å². The summed E-state index contributed by atoms with van der Waals surface area (Å²) in [7, 11) is 1.88. The molecule has 0 spiro atoms. The van der Waals surface area contributed by atoms with Crippen LogP contribution >= 0.6 is 0 Å². The number of hydrogen-bond donors (Lipinski definition) is 1. The Labute approximate surface area is 219 Å². The predicted octanol–water partition coefficient (Wildman–Crippen LogP) is 5.08. The monoisotopic (exact) mass is 500 g/mol. The summed E-state index contributed by atoms with van der Waals surface area (Å²) in [5.74, 6) is 0.416. The van der Waals surface area contributed by atoms with Crippen LogP contribution in [0.15, 0.2) is 53.2 Å².